The summed E-state index contributed by atoms with van der Waals surface area (Å²) in [7, 11) is 0. The minimum Gasteiger partial charge on any atom is -0.335 e. The van der Waals surface area contributed by atoms with Crippen LogP contribution in [0.2, 0.25) is 5.02 Å². The van der Waals surface area contributed by atoms with E-state index < -0.39 is 0 Å². The van der Waals surface area contributed by atoms with E-state index in [1.54, 1.807) is 18.2 Å². The molecule has 1 saturated heterocycles. The standard InChI is InChI=1S/C18H17ClFNO/c19-15-9-7-13(8-10-15)17-6-3-11-21(17)18(22)12-14-4-1-2-5-16(14)20/h1-2,4-5,7-10,17H,3,6,11-12H2/t17-/m1/s1. The summed E-state index contributed by atoms with van der Waals surface area (Å²) in [4.78, 5) is 14.4. The molecule has 0 N–H and O–H groups in total. The monoisotopic (exact) mass is 317 g/mol. The molecule has 2 aromatic carbocycles. The Labute approximate surface area is 134 Å². The number of nitrogens with zero attached hydrogens (tertiary/aromatic N) is 1. The molecule has 114 valence electrons. The third kappa shape index (κ3) is 3.14. The fraction of sp³-hybridized carbons (Fsp3) is 0.278. The van der Waals surface area contributed by atoms with Crippen molar-refractivity contribution in [3.63, 3.8) is 0 Å². The second-order valence-electron chi connectivity index (χ2n) is 5.56. The van der Waals surface area contributed by atoms with Crippen LogP contribution < -0.4 is 0 Å². The highest BCUT2D eigenvalue weighted by molar-refractivity contribution is 6.30. The van der Waals surface area contributed by atoms with Crippen molar-refractivity contribution in [3.05, 3.63) is 70.5 Å². The first-order chi connectivity index (χ1) is 10.6. The van der Waals surface area contributed by atoms with E-state index in [0.29, 0.717) is 10.6 Å². The topological polar surface area (TPSA) is 20.3 Å². The van der Waals surface area contributed by atoms with Crippen molar-refractivity contribution < 1.29 is 9.18 Å². The first kappa shape index (κ1) is 15.0. The van der Waals surface area contributed by atoms with Crippen LogP contribution in [0.15, 0.2) is 48.5 Å². The smallest absolute Gasteiger partial charge is 0.227 e. The molecular formula is C18H17ClFNO. The Morgan fingerprint density at radius 2 is 1.91 bits per heavy atom. The van der Waals surface area contributed by atoms with E-state index in [4.69, 9.17) is 11.6 Å². The molecule has 1 aliphatic rings. The van der Waals surface area contributed by atoms with Crippen LogP contribution >= 0.6 is 11.6 Å². The summed E-state index contributed by atoms with van der Waals surface area (Å²) in [5.74, 6) is -0.347. The van der Waals surface area contributed by atoms with Gasteiger partial charge in [-0.15, -0.1) is 0 Å². The number of carbonyl (C=O) groups excluding carboxylic acids is 1. The number of hydrogen-bond donors (Lipinski definition) is 0. The second kappa shape index (κ2) is 6.49. The zero-order chi connectivity index (χ0) is 15.5. The van der Waals surface area contributed by atoms with Crippen LogP contribution in [-0.2, 0) is 11.2 Å². The molecule has 22 heavy (non-hydrogen) atoms. The predicted molar refractivity (Wildman–Crippen MR) is 85.2 cm³/mol. The lowest BCUT2D eigenvalue weighted by Gasteiger charge is -2.25. The number of carbonyl (C=O) groups is 1. The molecule has 1 heterocycles. The van der Waals surface area contributed by atoms with E-state index in [-0.39, 0.29) is 24.2 Å². The van der Waals surface area contributed by atoms with Crippen molar-refractivity contribution in [2.24, 2.45) is 0 Å². The van der Waals surface area contributed by atoms with Gasteiger partial charge in [-0.05, 0) is 42.2 Å². The molecule has 0 bridgehead atoms. The van der Waals surface area contributed by atoms with Gasteiger partial charge in [0.05, 0.1) is 12.5 Å². The van der Waals surface area contributed by atoms with Crippen LogP contribution in [0.5, 0.6) is 0 Å². The lowest BCUT2D eigenvalue weighted by atomic mass is 10.0. The molecule has 2 aromatic rings. The van der Waals surface area contributed by atoms with Gasteiger partial charge in [-0.2, -0.15) is 0 Å². The average molecular weight is 318 g/mol. The van der Waals surface area contributed by atoms with Gasteiger partial charge in [0.15, 0.2) is 0 Å². The first-order valence-corrected chi connectivity index (χ1v) is 7.81. The van der Waals surface area contributed by atoms with Crippen LogP contribution in [0.3, 0.4) is 0 Å². The maximum absolute atomic E-state index is 13.7. The molecule has 0 aliphatic carbocycles. The van der Waals surface area contributed by atoms with E-state index in [1.165, 1.54) is 6.07 Å². The summed E-state index contributed by atoms with van der Waals surface area (Å²) in [5, 5.41) is 0.686. The van der Waals surface area contributed by atoms with Gasteiger partial charge in [-0.3, -0.25) is 4.79 Å². The van der Waals surface area contributed by atoms with Crippen LogP contribution in [-0.4, -0.2) is 17.4 Å². The van der Waals surface area contributed by atoms with Gasteiger partial charge in [0.2, 0.25) is 5.91 Å². The highest BCUT2D eigenvalue weighted by atomic mass is 35.5. The zero-order valence-corrected chi connectivity index (χ0v) is 12.9. The van der Waals surface area contributed by atoms with Crippen molar-refractivity contribution in [2.45, 2.75) is 25.3 Å². The first-order valence-electron chi connectivity index (χ1n) is 7.43. The van der Waals surface area contributed by atoms with E-state index in [9.17, 15) is 9.18 Å². The number of hydrogen-bond acceptors (Lipinski definition) is 1. The van der Waals surface area contributed by atoms with E-state index in [0.717, 1.165) is 24.9 Å². The Morgan fingerprint density at radius 3 is 2.64 bits per heavy atom. The molecule has 0 spiro atoms. The molecular weight excluding hydrogens is 301 g/mol. The Balaban J connectivity index is 1.76. The molecule has 0 aromatic heterocycles. The van der Waals surface area contributed by atoms with Gasteiger partial charge in [-0.1, -0.05) is 41.9 Å². The van der Waals surface area contributed by atoms with Crippen molar-refractivity contribution in [1.82, 2.24) is 4.90 Å². The van der Waals surface area contributed by atoms with Crippen LogP contribution in [0, 0.1) is 5.82 Å². The molecule has 3 rings (SSSR count). The summed E-state index contributed by atoms with van der Waals surface area (Å²) >= 11 is 5.92. The molecule has 4 heteroatoms. The molecule has 1 atom stereocenters. The van der Waals surface area contributed by atoms with E-state index in [1.807, 2.05) is 29.2 Å². The summed E-state index contributed by atoms with van der Waals surface area (Å²) in [5.41, 5.74) is 1.54. The third-order valence-corrected chi connectivity index (χ3v) is 4.38. The minimum atomic E-state index is -0.321. The largest absolute Gasteiger partial charge is 0.335 e. The van der Waals surface area contributed by atoms with Crippen molar-refractivity contribution >= 4 is 17.5 Å². The number of rotatable bonds is 3. The predicted octanol–water partition coefficient (Wildman–Crippen LogP) is 4.39. The van der Waals surface area contributed by atoms with Gasteiger partial charge in [0.1, 0.15) is 5.82 Å². The number of benzene rings is 2. The van der Waals surface area contributed by atoms with Gasteiger partial charge in [0.25, 0.3) is 0 Å². The maximum Gasteiger partial charge on any atom is 0.227 e. The van der Waals surface area contributed by atoms with Crippen LogP contribution in [0.4, 0.5) is 4.39 Å². The summed E-state index contributed by atoms with van der Waals surface area (Å²) in [6.07, 6.45) is 2.01. The molecule has 1 fully saturated rings. The Kier molecular flexibility index (Phi) is 4.44. The van der Waals surface area contributed by atoms with E-state index >= 15 is 0 Å². The fourth-order valence-electron chi connectivity index (χ4n) is 3.00. The molecule has 0 radical (unpaired) electrons. The van der Waals surface area contributed by atoms with Gasteiger partial charge in [-0.25, -0.2) is 4.39 Å². The minimum absolute atomic E-state index is 0.0254. The molecule has 0 unspecified atom stereocenters. The van der Waals surface area contributed by atoms with Crippen molar-refractivity contribution in [2.75, 3.05) is 6.54 Å². The Morgan fingerprint density at radius 1 is 1.18 bits per heavy atom. The normalized spacial score (nSPS) is 17.7. The average Bonchev–Trinajstić information content (AvgIpc) is 3.00. The van der Waals surface area contributed by atoms with Crippen LogP contribution in [0.25, 0.3) is 0 Å². The third-order valence-electron chi connectivity index (χ3n) is 4.13. The fourth-order valence-corrected chi connectivity index (χ4v) is 3.13. The molecule has 0 saturated carbocycles. The quantitative estimate of drug-likeness (QED) is 0.822. The lowest BCUT2D eigenvalue weighted by Crippen LogP contribution is -2.32. The van der Waals surface area contributed by atoms with Crippen molar-refractivity contribution in [1.29, 1.82) is 0 Å². The second-order valence-corrected chi connectivity index (χ2v) is 6.00. The summed E-state index contributed by atoms with van der Waals surface area (Å²) in [6.45, 7) is 0.723. The SMILES string of the molecule is O=C(Cc1ccccc1F)N1CCC[C@@H]1c1ccc(Cl)cc1. The molecule has 2 nitrogen and oxygen atoms in total. The molecule has 1 amide bonds. The Bertz CT molecular complexity index is 671. The summed E-state index contributed by atoms with van der Waals surface area (Å²) in [6, 6.07) is 14.1. The number of halogens is 2. The van der Waals surface area contributed by atoms with Crippen LogP contribution in [0.1, 0.15) is 30.0 Å². The van der Waals surface area contributed by atoms with Gasteiger partial charge >= 0.3 is 0 Å². The highest BCUT2D eigenvalue weighted by Crippen LogP contribution is 2.33. The lowest BCUT2D eigenvalue weighted by molar-refractivity contribution is -0.131. The van der Waals surface area contributed by atoms with Crippen molar-refractivity contribution in [3.8, 4) is 0 Å². The summed E-state index contributed by atoms with van der Waals surface area (Å²) < 4.78 is 13.7. The maximum atomic E-state index is 13.7. The Hall–Kier alpha value is -1.87. The molecule has 1 aliphatic heterocycles. The number of amides is 1. The van der Waals surface area contributed by atoms with E-state index in [2.05, 4.69) is 0 Å². The van der Waals surface area contributed by atoms with Gasteiger partial charge in [0, 0.05) is 11.6 Å². The highest BCUT2D eigenvalue weighted by Gasteiger charge is 2.30. The zero-order valence-electron chi connectivity index (χ0n) is 12.1. The van der Waals surface area contributed by atoms with Gasteiger partial charge < -0.3 is 4.90 Å². The number of likely N-dealkylation sites (tertiary alicyclic amines) is 1.